The van der Waals surface area contributed by atoms with Gasteiger partial charge in [0.1, 0.15) is 5.82 Å². The van der Waals surface area contributed by atoms with Crippen LogP contribution in [0.4, 0.5) is 4.39 Å². The molecule has 0 bridgehead atoms. The lowest BCUT2D eigenvalue weighted by Gasteiger charge is -1.96. The lowest BCUT2D eigenvalue weighted by atomic mass is 10.2. The average molecular weight is 273 g/mol. The van der Waals surface area contributed by atoms with E-state index < -0.39 is 0 Å². The minimum absolute atomic E-state index is 0.214. The molecule has 1 aromatic carbocycles. The second-order valence-corrected chi connectivity index (χ2v) is 3.71. The maximum Gasteiger partial charge on any atom is 0.309 e. The summed E-state index contributed by atoms with van der Waals surface area (Å²) in [4.78, 5) is 10.8. The first-order valence-corrected chi connectivity index (χ1v) is 5.11. The molecule has 0 saturated heterocycles. The second-order valence-electron chi connectivity index (χ2n) is 2.86. The molecule has 0 spiro atoms. The van der Waals surface area contributed by atoms with Gasteiger partial charge in [-0.25, -0.2) is 4.39 Å². The molecule has 0 saturated carbocycles. The van der Waals surface area contributed by atoms with Gasteiger partial charge >= 0.3 is 5.97 Å². The number of carbonyl (C=O) groups excluding carboxylic acids is 1. The fourth-order valence-electron chi connectivity index (χ4n) is 0.991. The van der Waals surface area contributed by atoms with E-state index in [4.69, 9.17) is 0 Å². The zero-order chi connectivity index (χ0) is 11.3. The van der Waals surface area contributed by atoms with Gasteiger partial charge in [0.2, 0.25) is 0 Å². The highest BCUT2D eigenvalue weighted by Gasteiger charge is 1.98. The van der Waals surface area contributed by atoms with Gasteiger partial charge in [0, 0.05) is 0 Å². The molecule has 0 aliphatic carbocycles. The summed E-state index contributed by atoms with van der Waals surface area (Å²) >= 11 is 3.08. The summed E-state index contributed by atoms with van der Waals surface area (Å²) in [5.41, 5.74) is 0.826. The Bertz CT molecular complexity index is 388. The van der Waals surface area contributed by atoms with Crippen LogP contribution in [0.15, 0.2) is 28.7 Å². The highest BCUT2D eigenvalue weighted by atomic mass is 79.9. The zero-order valence-corrected chi connectivity index (χ0v) is 9.75. The summed E-state index contributed by atoms with van der Waals surface area (Å²) in [6.07, 6.45) is 3.62. The summed E-state index contributed by atoms with van der Waals surface area (Å²) in [7, 11) is 1.34. The smallest absolute Gasteiger partial charge is 0.309 e. The van der Waals surface area contributed by atoms with Gasteiger partial charge in [0.25, 0.3) is 0 Å². The Labute approximate surface area is 95.9 Å². The van der Waals surface area contributed by atoms with Crippen LogP contribution in [0, 0.1) is 5.82 Å². The molecule has 0 N–H and O–H groups in total. The Kier molecular flexibility index (Phi) is 4.49. The van der Waals surface area contributed by atoms with E-state index in [-0.39, 0.29) is 18.2 Å². The SMILES string of the molecule is COC(=O)CC=Cc1ccc(F)c(Br)c1. The van der Waals surface area contributed by atoms with E-state index in [1.54, 1.807) is 24.3 Å². The zero-order valence-electron chi connectivity index (χ0n) is 8.17. The molecule has 2 nitrogen and oxygen atoms in total. The molecule has 0 aliphatic rings. The van der Waals surface area contributed by atoms with Gasteiger partial charge in [0.15, 0.2) is 0 Å². The highest BCUT2D eigenvalue weighted by molar-refractivity contribution is 9.10. The van der Waals surface area contributed by atoms with Crippen LogP contribution in [-0.4, -0.2) is 13.1 Å². The van der Waals surface area contributed by atoms with Crippen molar-refractivity contribution in [2.45, 2.75) is 6.42 Å². The number of hydrogen-bond donors (Lipinski definition) is 0. The number of methoxy groups -OCH3 is 1. The third-order valence-corrected chi connectivity index (χ3v) is 2.37. The Balaban J connectivity index is 2.65. The van der Waals surface area contributed by atoms with E-state index in [1.165, 1.54) is 13.2 Å². The average Bonchev–Trinajstić information content (AvgIpc) is 2.23. The van der Waals surface area contributed by atoms with Crippen molar-refractivity contribution in [3.63, 3.8) is 0 Å². The number of ether oxygens (including phenoxy) is 1. The molecule has 0 aliphatic heterocycles. The molecule has 0 fully saturated rings. The van der Waals surface area contributed by atoms with E-state index in [2.05, 4.69) is 20.7 Å². The fourth-order valence-corrected chi connectivity index (χ4v) is 1.39. The minimum Gasteiger partial charge on any atom is -0.469 e. The van der Waals surface area contributed by atoms with Crippen LogP contribution in [0.3, 0.4) is 0 Å². The van der Waals surface area contributed by atoms with Gasteiger partial charge < -0.3 is 4.74 Å². The normalized spacial score (nSPS) is 10.6. The summed E-state index contributed by atoms with van der Waals surface area (Å²) in [6.45, 7) is 0. The van der Waals surface area contributed by atoms with E-state index >= 15 is 0 Å². The van der Waals surface area contributed by atoms with Gasteiger partial charge in [-0.05, 0) is 33.6 Å². The standard InChI is InChI=1S/C11H10BrFO2/c1-15-11(14)4-2-3-8-5-6-10(13)9(12)7-8/h2-3,5-7H,4H2,1H3. The molecular formula is C11H10BrFO2. The maximum atomic E-state index is 12.9. The van der Waals surface area contributed by atoms with Crippen LogP contribution in [-0.2, 0) is 9.53 Å². The van der Waals surface area contributed by atoms with Crippen LogP contribution < -0.4 is 0 Å². The van der Waals surface area contributed by atoms with Crippen LogP contribution >= 0.6 is 15.9 Å². The predicted octanol–water partition coefficient (Wildman–Crippen LogP) is 3.16. The topological polar surface area (TPSA) is 26.3 Å². The van der Waals surface area contributed by atoms with Crippen LogP contribution in [0.1, 0.15) is 12.0 Å². The van der Waals surface area contributed by atoms with Crippen molar-refractivity contribution in [3.05, 3.63) is 40.1 Å². The number of carbonyl (C=O) groups is 1. The predicted molar refractivity (Wildman–Crippen MR) is 59.8 cm³/mol. The second kappa shape index (κ2) is 5.66. The number of halogens is 2. The monoisotopic (exact) mass is 272 g/mol. The van der Waals surface area contributed by atoms with Crippen molar-refractivity contribution in [1.29, 1.82) is 0 Å². The molecule has 0 radical (unpaired) electrons. The Morgan fingerprint density at radius 3 is 2.93 bits per heavy atom. The first-order valence-electron chi connectivity index (χ1n) is 4.32. The third kappa shape index (κ3) is 3.83. The molecule has 1 aromatic rings. The Morgan fingerprint density at radius 2 is 2.33 bits per heavy atom. The van der Waals surface area contributed by atoms with Crippen molar-refractivity contribution in [3.8, 4) is 0 Å². The first kappa shape index (κ1) is 11.9. The largest absolute Gasteiger partial charge is 0.469 e. The molecule has 0 amide bonds. The molecule has 1 rings (SSSR count). The third-order valence-electron chi connectivity index (χ3n) is 1.77. The number of benzene rings is 1. The summed E-state index contributed by atoms with van der Waals surface area (Å²) in [5.74, 6) is -0.604. The number of rotatable bonds is 3. The number of hydrogen-bond acceptors (Lipinski definition) is 2. The van der Waals surface area contributed by atoms with Crippen molar-refractivity contribution < 1.29 is 13.9 Å². The van der Waals surface area contributed by atoms with Crippen molar-refractivity contribution in [1.82, 2.24) is 0 Å². The van der Waals surface area contributed by atoms with Crippen molar-refractivity contribution in [2.24, 2.45) is 0 Å². The quantitative estimate of drug-likeness (QED) is 0.791. The van der Waals surface area contributed by atoms with Gasteiger partial charge in [-0.3, -0.25) is 4.79 Å². The van der Waals surface area contributed by atoms with E-state index in [1.807, 2.05) is 0 Å². The van der Waals surface area contributed by atoms with Crippen LogP contribution in [0.5, 0.6) is 0 Å². The molecule has 4 heteroatoms. The highest BCUT2D eigenvalue weighted by Crippen LogP contribution is 2.17. The van der Waals surface area contributed by atoms with Gasteiger partial charge in [-0.15, -0.1) is 0 Å². The van der Waals surface area contributed by atoms with E-state index in [0.717, 1.165) is 5.56 Å². The summed E-state index contributed by atoms with van der Waals surface area (Å²) < 4.78 is 17.7. The Hall–Kier alpha value is -1.16. The van der Waals surface area contributed by atoms with Crippen molar-refractivity contribution in [2.75, 3.05) is 7.11 Å². The molecule has 0 unspecified atom stereocenters. The van der Waals surface area contributed by atoms with Crippen LogP contribution in [0.25, 0.3) is 6.08 Å². The first-order chi connectivity index (χ1) is 7.13. The maximum absolute atomic E-state index is 12.9. The molecule has 0 atom stereocenters. The van der Waals surface area contributed by atoms with Gasteiger partial charge in [0.05, 0.1) is 18.0 Å². The van der Waals surface area contributed by atoms with Crippen molar-refractivity contribution >= 4 is 28.0 Å². The minimum atomic E-state index is -0.305. The van der Waals surface area contributed by atoms with E-state index in [9.17, 15) is 9.18 Å². The number of esters is 1. The van der Waals surface area contributed by atoms with E-state index in [0.29, 0.717) is 4.47 Å². The molecule has 0 heterocycles. The lowest BCUT2D eigenvalue weighted by Crippen LogP contribution is -1.96. The molecule has 80 valence electrons. The summed E-state index contributed by atoms with van der Waals surface area (Å²) in [6, 6.07) is 4.64. The lowest BCUT2D eigenvalue weighted by molar-refractivity contribution is -0.139. The fraction of sp³-hybridized carbons (Fsp3) is 0.182. The summed E-state index contributed by atoms with van der Waals surface area (Å²) in [5, 5.41) is 0. The van der Waals surface area contributed by atoms with Gasteiger partial charge in [-0.1, -0.05) is 18.2 Å². The molecular weight excluding hydrogens is 263 g/mol. The molecule has 0 aromatic heterocycles. The van der Waals surface area contributed by atoms with Gasteiger partial charge in [-0.2, -0.15) is 0 Å². The Morgan fingerprint density at radius 1 is 1.60 bits per heavy atom. The van der Waals surface area contributed by atoms with Crippen LogP contribution in [0.2, 0.25) is 0 Å². The molecule has 15 heavy (non-hydrogen) atoms.